The second-order valence-corrected chi connectivity index (χ2v) is 4.72. The lowest BCUT2D eigenvalue weighted by Gasteiger charge is -2.11. The van der Waals surface area contributed by atoms with Crippen molar-refractivity contribution in [2.75, 3.05) is 11.9 Å². The van der Waals surface area contributed by atoms with E-state index in [1.54, 1.807) is 17.9 Å². The maximum atomic E-state index is 11.9. The van der Waals surface area contributed by atoms with Crippen LogP contribution in [0.25, 0.3) is 0 Å². The molecule has 0 bridgehead atoms. The van der Waals surface area contributed by atoms with Crippen LogP contribution < -0.4 is 11.1 Å². The number of carbonyl (C=O) groups is 1. The second-order valence-electron chi connectivity index (χ2n) is 4.28. The molecule has 1 aromatic heterocycles. The number of carbonyl (C=O) groups excluding carboxylic acids is 1. The highest BCUT2D eigenvalue weighted by molar-refractivity contribution is 7.80. The van der Waals surface area contributed by atoms with E-state index in [1.807, 2.05) is 0 Å². The minimum absolute atomic E-state index is 0.0199. The summed E-state index contributed by atoms with van der Waals surface area (Å²) in [7, 11) is 1.73. The van der Waals surface area contributed by atoms with Gasteiger partial charge >= 0.3 is 0 Å². The van der Waals surface area contributed by atoms with Crippen LogP contribution in [0.5, 0.6) is 0 Å². The Morgan fingerprint density at radius 3 is 3.17 bits per heavy atom. The third-order valence-electron chi connectivity index (χ3n) is 2.90. The fourth-order valence-electron chi connectivity index (χ4n) is 1.96. The molecule has 7 heteroatoms. The number of nitrogens with one attached hydrogen (secondary N) is 1. The number of anilines is 1. The van der Waals surface area contributed by atoms with Gasteiger partial charge in [0.1, 0.15) is 10.8 Å². The number of rotatable bonds is 4. The van der Waals surface area contributed by atoms with Gasteiger partial charge in [0.2, 0.25) is 5.91 Å². The summed E-state index contributed by atoms with van der Waals surface area (Å²) in [6, 6.07) is 0. The highest BCUT2D eigenvalue weighted by Gasteiger charge is 2.21. The Labute approximate surface area is 110 Å². The van der Waals surface area contributed by atoms with Gasteiger partial charge in [-0.05, 0) is 12.8 Å². The molecule has 98 valence electrons. The third-order valence-corrected chi connectivity index (χ3v) is 3.12. The SMILES string of the molecule is Cn1ncc(C(N)=S)c1NC(=O)CC1CCCO1. The molecule has 18 heavy (non-hydrogen) atoms. The molecule has 0 aromatic carbocycles. The predicted molar refractivity (Wildman–Crippen MR) is 71.3 cm³/mol. The zero-order valence-corrected chi connectivity index (χ0v) is 11.0. The molecule has 2 heterocycles. The maximum Gasteiger partial charge on any atom is 0.228 e. The molecule has 1 amide bonds. The number of nitrogens with zero attached hydrogens (tertiary/aromatic N) is 2. The number of nitrogens with two attached hydrogens (primary N) is 1. The fraction of sp³-hybridized carbons (Fsp3) is 0.545. The monoisotopic (exact) mass is 268 g/mol. The molecule has 1 fully saturated rings. The minimum atomic E-state index is -0.108. The molecule has 0 aliphatic carbocycles. The Bertz CT molecular complexity index is 466. The Hall–Kier alpha value is -1.47. The number of hydrogen-bond donors (Lipinski definition) is 2. The van der Waals surface area contributed by atoms with Gasteiger partial charge in [-0.1, -0.05) is 12.2 Å². The molecular weight excluding hydrogens is 252 g/mol. The van der Waals surface area contributed by atoms with Crippen molar-refractivity contribution < 1.29 is 9.53 Å². The van der Waals surface area contributed by atoms with Crippen LogP contribution in [0, 0.1) is 0 Å². The lowest BCUT2D eigenvalue weighted by Crippen LogP contribution is -2.22. The summed E-state index contributed by atoms with van der Waals surface area (Å²) in [6.07, 6.45) is 3.86. The number of ether oxygens (including phenoxy) is 1. The molecule has 1 aliphatic heterocycles. The topological polar surface area (TPSA) is 82.2 Å². The Morgan fingerprint density at radius 2 is 2.56 bits per heavy atom. The molecule has 0 radical (unpaired) electrons. The lowest BCUT2D eigenvalue weighted by atomic mass is 10.2. The van der Waals surface area contributed by atoms with Crippen LogP contribution in [-0.4, -0.2) is 33.4 Å². The van der Waals surface area contributed by atoms with E-state index in [0.717, 1.165) is 19.4 Å². The average Bonchev–Trinajstić information content (AvgIpc) is 2.90. The van der Waals surface area contributed by atoms with Gasteiger partial charge in [0.05, 0.1) is 24.3 Å². The van der Waals surface area contributed by atoms with Crippen LogP contribution >= 0.6 is 12.2 Å². The van der Waals surface area contributed by atoms with Gasteiger partial charge in [0.15, 0.2) is 0 Å². The summed E-state index contributed by atoms with van der Waals surface area (Å²) in [5.41, 5.74) is 6.15. The predicted octanol–water partition coefficient (Wildman–Crippen LogP) is 0.562. The minimum Gasteiger partial charge on any atom is -0.389 e. The first-order valence-corrected chi connectivity index (χ1v) is 6.22. The Kier molecular flexibility index (Phi) is 3.93. The molecule has 1 unspecified atom stereocenters. The van der Waals surface area contributed by atoms with Crippen LogP contribution in [0.3, 0.4) is 0 Å². The van der Waals surface area contributed by atoms with E-state index in [9.17, 15) is 4.79 Å². The molecule has 6 nitrogen and oxygen atoms in total. The van der Waals surface area contributed by atoms with E-state index >= 15 is 0 Å². The molecule has 1 aliphatic rings. The van der Waals surface area contributed by atoms with Crippen LogP contribution in [0.4, 0.5) is 5.82 Å². The summed E-state index contributed by atoms with van der Waals surface area (Å²) in [4.78, 5) is 12.1. The largest absolute Gasteiger partial charge is 0.389 e. The summed E-state index contributed by atoms with van der Waals surface area (Å²) in [5.74, 6) is 0.425. The molecular formula is C11H16N4O2S. The highest BCUT2D eigenvalue weighted by atomic mass is 32.1. The van der Waals surface area contributed by atoms with Crippen molar-refractivity contribution >= 4 is 28.9 Å². The van der Waals surface area contributed by atoms with Crippen LogP contribution in [0.1, 0.15) is 24.8 Å². The van der Waals surface area contributed by atoms with Gasteiger partial charge in [0, 0.05) is 13.7 Å². The zero-order chi connectivity index (χ0) is 13.1. The molecule has 3 N–H and O–H groups in total. The second kappa shape index (κ2) is 5.45. The van der Waals surface area contributed by atoms with Crippen molar-refractivity contribution in [2.45, 2.75) is 25.4 Å². The third kappa shape index (κ3) is 2.85. The molecule has 1 atom stereocenters. The van der Waals surface area contributed by atoms with Crippen LogP contribution in [-0.2, 0) is 16.6 Å². The fourth-order valence-corrected chi connectivity index (χ4v) is 2.11. The van der Waals surface area contributed by atoms with Gasteiger partial charge in [-0.2, -0.15) is 5.10 Å². The van der Waals surface area contributed by atoms with E-state index in [2.05, 4.69) is 10.4 Å². The highest BCUT2D eigenvalue weighted by Crippen LogP contribution is 2.18. The zero-order valence-electron chi connectivity index (χ0n) is 10.2. The summed E-state index contributed by atoms with van der Waals surface area (Å²) in [5, 5.41) is 6.81. The number of amides is 1. The van der Waals surface area contributed by atoms with Gasteiger partial charge < -0.3 is 15.8 Å². The van der Waals surface area contributed by atoms with Gasteiger partial charge in [-0.3, -0.25) is 9.48 Å². The lowest BCUT2D eigenvalue weighted by molar-refractivity contribution is -0.118. The number of aromatic nitrogens is 2. The quantitative estimate of drug-likeness (QED) is 0.780. The normalized spacial score (nSPS) is 18.8. The molecule has 1 aromatic rings. The van der Waals surface area contributed by atoms with Crippen molar-refractivity contribution in [3.63, 3.8) is 0 Å². The standard InChI is InChI=1S/C11H16N4O2S/c1-15-11(8(6-13-15)10(12)18)14-9(16)5-7-3-2-4-17-7/h6-7H,2-5H2,1H3,(H2,12,18)(H,14,16). The Balaban J connectivity index is 2.01. The van der Waals surface area contributed by atoms with E-state index in [1.165, 1.54) is 0 Å². The maximum absolute atomic E-state index is 11.9. The van der Waals surface area contributed by atoms with E-state index in [4.69, 9.17) is 22.7 Å². The van der Waals surface area contributed by atoms with Crippen molar-refractivity contribution in [2.24, 2.45) is 12.8 Å². The summed E-state index contributed by atoms with van der Waals surface area (Å²) < 4.78 is 6.96. The molecule has 0 saturated carbocycles. The van der Waals surface area contributed by atoms with Crippen molar-refractivity contribution in [3.8, 4) is 0 Å². The smallest absolute Gasteiger partial charge is 0.228 e. The first-order valence-electron chi connectivity index (χ1n) is 5.81. The first kappa shape index (κ1) is 13.0. The molecule has 0 spiro atoms. The van der Waals surface area contributed by atoms with E-state index in [0.29, 0.717) is 17.8 Å². The van der Waals surface area contributed by atoms with Crippen molar-refractivity contribution in [1.82, 2.24) is 9.78 Å². The molecule has 2 rings (SSSR count). The van der Waals surface area contributed by atoms with E-state index in [-0.39, 0.29) is 17.0 Å². The van der Waals surface area contributed by atoms with Gasteiger partial charge in [-0.25, -0.2) is 0 Å². The number of aryl methyl sites for hydroxylation is 1. The van der Waals surface area contributed by atoms with Crippen molar-refractivity contribution in [3.05, 3.63) is 11.8 Å². The Morgan fingerprint density at radius 1 is 1.78 bits per heavy atom. The number of thiocarbonyl (C=S) groups is 1. The average molecular weight is 268 g/mol. The first-order chi connectivity index (χ1) is 8.58. The van der Waals surface area contributed by atoms with Crippen LogP contribution in [0.15, 0.2) is 6.20 Å². The number of hydrogen-bond acceptors (Lipinski definition) is 4. The van der Waals surface area contributed by atoms with Crippen molar-refractivity contribution in [1.29, 1.82) is 0 Å². The summed E-state index contributed by atoms with van der Waals surface area (Å²) in [6.45, 7) is 0.738. The van der Waals surface area contributed by atoms with Gasteiger partial charge in [0.25, 0.3) is 0 Å². The summed E-state index contributed by atoms with van der Waals surface area (Å²) >= 11 is 4.91. The van der Waals surface area contributed by atoms with Crippen LogP contribution in [0.2, 0.25) is 0 Å². The molecule has 1 saturated heterocycles. The van der Waals surface area contributed by atoms with E-state index < -0.39 is 0 Å². The van der Waals surface area contributed by atoms with Gasteiger partial charge in [-0.15, -0.1) is 0 Å².